The third-order valence-electron chi connectivity index (χ3n) is 2.76. The molecule has 0 bridgehead atoms. The Kier molecular flexibility index (Phi) is 4.54. The number of benzene rings is 2. The molecule has 2 aromatic carbocycles. The maximum absolute atomic E-state index is 13.9. The van der Waals surface area contributed by atoms with E-state index >= 15 is 0 Å². The molecule has 5 nitrogen and oxygen atoms in total. The molecule has 7 heteroatoms. The molecule has 108 valence electrons. The Bertz CT molecular complexity index is 705. The van der Waals surface area contributed by atoms with Gasteiger partial charge in [-0.15, -0.1) is 11.8 Å². The van der Waals surface area contributed by atoms with Crippen LogP contribution >= 0.6 is 11.8 Å². The summed E-state index contributed by atoms with van der Waals surface area (Å²) in [5.74, 6) is -1.85. The van der Waals surface area contributed by atoms with Crippen LogP contribution in [0.4, 0.5) is 10.1 Å². The normalized spacial score (nSPS) is 10.3. The SMILES string of the molecule is O=C(O)c1ccccc1SCc1cccc([N+](=O)[O-])c1F. The number of rotatable bonds is 5. The summed E-state index contributed by atoms with van der Waals surface area (Å²) >= 11 is 1.12. The van der Waals surface area contributed by atoms with Crippen molar-refractivity contribution in [1.29, 1.82) is 0 Å². The van der Waals surface area contributed by atoms with E-state index in [9.17, 15) is 19.3 Å². The highest BCUT2D eigenvalue weighted by atomic mass is 32.2. The number of nitro benzene ring substituents is 1. The van der Waals surface area contributed by atoms with Crippen LogP contribution in [0.3, 0.4) is 0 Å². The number of hydrogen-bond donors (Lipinski definition) is 1. The summed E-state index contributed by atoms with van der Waals surface area (Å²) in [6.07, 6.45) is 0. The standard InChI is InChI=1S/C14H10FNO4S/c15-13-9(4-3-6-11(13)16(19)20)8-21-12-7-2-1-5-10(12)14(17)18/h1-7H,8H2,(H,17,18). The van der Waals surface area contributed by atoms with Crippen molar-refractivity contribution in [3.05, 3.63) is 69.5 Å². The molecule has 0 saturated carbocycles. The number of carboxylic acid groups (broad SMARTS) is 1. The molecule has 0 amide bonds. The van der Waals surface area contributed by atoms with Crippen LogP contribution in [0.2, 0.25) is 0 Å². The lowest BCUT2D eigenvalue weighted by atomic mass is 10.2. The van der Waals surface area contributed by atoms with Gasteiger partial charge in [0.25, 0.3) is 0 Å². The molecule has 0 aliphatic carbocycles. The van der Waals surface area contributed by atoms with Crippen LogP contribution in [0.1, 0.15) is 15.9 Å². The average Bonchev–Trinajstić information content (AvgIpc) is 2.46. The van der Waals surface area contributed by atoms with Gasteiger partial charge in [0, 0.05) is 22.3 Å². The van der Waals surface area contributed by atoms with Crippen LogP contribution in [0.25, 0.3) is 0 Å². The summed E-state index contributed by atoms with van der Waals surface area (Å²) in [6, 6.07) is 10.3. The molecule has 0 heterocycles. The smallest absolute Gasteiger partial charge is 0.336 e. The number of nitro groups is 1. The van der Waals surface area contributed by atoms with E-state index in [0.29, 0.717) is 4.90 Å². The van der Waals surface area contributed by atoms with E-state index in [4.69, 9.17) is 5.11 Å². The van der Waals surface area contributed by atoms with Crippen molar-refractivity contribution in [3.63, 3.8) is 0 Å². The van der Waals surface area contributed by atoms with Gasteiger partial charge in [-0.1, -0.05) is 24.3 Å². The number of nitrogens with zero attached hydrogens (tertiary/aromatic N) is 1. The summed E-state index contributed by atoms with van der Waals surface area (Å²) in [7, 11) is 0. The van der Waals surface area contributed by atoms with Gasteiger partial charge in [0.2, 0.25) is 5.82 Å². The molecule has 2 rings (SSSR count). The van der Waals surface area contributed by atoms with E-state index in [-0.39, 0.29) is 16.9 Å². The van der Waals surface area contributed by atoms with Gasteiger partial charge in [0.1, 0.15) is 0 Å². The molecule has 0 spiro atoms. The van der Waals surface area contributed by atoms with Gasteiger partial charge in [-0.2, -0.15) is 4.39 Å². The monoisotopic (exact) mass is 307 g/mol. The molecule has 0 saturated heterocycles. The highest BCUT2D eigenvalue weighted by Gasteiger charge is 2.18. The fraction of sp³-hybridized carbons (Fsp3) is 0.0714. The van der Waals surface area contributed by atoms with Crippen molar-refractivity contribution in [2.75, 3.05) is 0 Å². The predicted molar refractivity (Wildman–Crippen MR) is 76.0 cm³/mol. The third kappa shape index (κ3) is 3.38. The third-order valence-corrected chi connectivity index (χ3v) is 3.88. The van der Waals surface area contributed by atoms with Crippen LogP contribution in [0, 0.1) is 15.9 Å². The molecule has 2 aromatic rings. The number of carboxylic acids is 1. The summed E-state index contributed by atoms with van der Waals surface area (Å²) in [5, 5.41) is 19.7. The Hall–Kier alpha value is -2.41. The van der Waals surface area contributed by atoms with E-state index in [2.05, 4.69) is 0 Å². The lowest BCUT2D eigenvalue weighted by Crippen LogP contribution is -1.99. The molecule has 0 aromatic heterocycles. The van der Waals surface area contributed by atoms with Gasteiger partial charge in [-0.3, -0.25) is 10.1 Å². The van der Waals surface area contributed by atoms with E-state index in [0.717, 1.165) is 17.8 Å². The second-order valence-corrected chi connectivity index (χ2v) is 5.11. The molecular formula is C14H10FNO4S. The van der Waals surface area contributed by atoms with Crippen molar-refractivity contribution < 1.29 is 19.2 Å². The lowest BCUT2D eigenvalue weighted by Gasteiger charge is -2.06. The highest BCUT2D eigenvalue weighted by molar-refractivity contribution is 7.98. The van der Waals surface area contributed by atoms with Crippen LogP contribution in [0.5, 0.6) is 0 Å². The molecule has 0 unspecified atom stereocenters. The second kappa shape index (κ2) is 6.36. The highest BCUT2D eigenvalue weighted by Crippen LogP contribution is 2.29. The van der Waals surface area contributed by atoms with E-state index in [1.807, 2.05) is 0 Å². The number of aromatic carboxylic acids is 1. The topological polar surface area (TPSA) is 80.4 Å². The van der Waals surface area contributed by atoms with Gasteiger partial charge in [-0.05, 0) is 12.1 Å². The Morgan fingerprint density at radius 1 is 1.24 bits per heavy atom. The van der Waals surface area contributed by atoms with Gasteiger partial charge in [-0.25, -0.2) is 4.79 Å². The van der Waals surface area contributed by atoms with Gasteiger partial charge in [0.15, 0.2) is 0 Å². The van der Waals surface area contributed by atoms with Crippen molar-refractivity contribution in [3.8, 4) is 0 Å². The summed E-state index contributed by atoms with van der Waals surface area (Å²) in [6.45, 7) is 0. The molecule has 0 atom stereocenters. The summed E-state index contributed by atoms with van der Waals surface area (Å²) < 4.78 is 13.9. The zero-order valence-electron chi connectivity index (χ0n) is 10.7. The average molecular weight is 307 g/mol. The molecule has 0 radical (unpaired) electrons. The first-order chi connectivity index (χ1) is 10.0. The summed E-state index contributed by atoms with van der Waals surface area (Å²) in [4.78, 5) is 21.4. The van der Waals surface area contributed by atoms with Crippen LogP contribution in [-0.2, 0) is 5.75 Å². The van der Waals surface area contributed by atoms with Crippen molar-refractivity contribution in [2.24, 2.45) is 0 Å². The van der Waals surface area contributed by atoms with Crippen molar-refractivity contribution in [1.82, 2.24) is 0 Å². The maximum atomic E-state index is 13.9. The Balaban J connectivity index is 2.23. The molecular weight excluding hydrogens is 297 g/mol. The molecule has 0 fully saturated rings. The van der Waals surface area contributed by atoms with Crippen molar-refractivity contribution in [2.45, 2.75) is 10.6 Å². The molecule has 0 aliphatic rings. The van der Waals surface area contributed by atoms with Crippen LogP contribution in [0.15, 0.2) is 47.4 Å². The largest absolute Gasteiger partial charge is 0.478 e. The second-order valence-electron chi connectivity index (χ2n) is 4.10. The van der Waals surface area contributed by atoms with Gasteiger partial charge in [0.05, 0.1) is 10.5 Å². The Morgan fingerprint density at radius 3 is 2.62 bits per heavy atom. The number of carbonyl (C=O) groups is 1. The first-order valence-corrected chi connectivity index (χ1v) is 6.86. The van der Waals surface area contributed by atoms with Gasteiger partial charge < -0.3 is 5.11 Å². The maximum Gasteiger partial charge on any atom is 0.336 e. The Morgan fingerprint density at radius 2 is 1.95 bits per heavy atom. The minimum Gasteiger partial charge on any atom is -0.478 e. The van der Waals surface area contributed by atoms with E-state index in [1.165, 1.54) is 18.2 Å². The van der Waals surface area contributed by atoms with Crippen LogP contribution in [-0.4, -0.2) is 16.0 Å². The molecule has 21 heavy (non-hydrogen) atoms. The lowest BCUT2D eigenvalue weighted by molar-refractivity contribution is -0.387. The fourth-order valence-electron chi connectivity index (χ4n) is 1.74. The minimum absolute atomic E-state index is 0.109. The quantitative estimate of drug-likeness (QED) is 0.517. The first kappa shape index (κ1) is 15.0. The molecule has 0 aliphatic heterocycles. The minimum atomic E-state index is -1.07. The van der Waals surface area contributed by atoms with Gasteiger partial charge >= 0.3 is 11.7 Å². The molecule has 1 N–H and O–H groups in total. The number of hydrogen-bond acceptors (Lipinski definition) is 4. The summed E-state index contributed by atoms with van der Waals surface area (Å²) in [5.41, 5.74) is -0.303. The predicted octanol–water partition coefficient (Wildman–Crippen LogP) is 3.72. The first-order valence-electron chi connectivity index (χ1n) is 5.87. The zero-order chi connectivity index (χ0) is 15.4. The Labute approximate surface area is 123 Å². The van der Waals surface area contributed by atoms with Crippen LogP contribution < -0.4 is 0 Å². The van der Waals surface area contributed by atoms with Crippen molar-refractivity contribution >= 4 is 23.4 Å². The van der Waals surface area contributed by atoms with E-state index < -0.39 is 22.4 Å². The number of halogens is 1. The zero-order valence-corrected chi connectivity index (χ0v) is 11.5. The fourth-order valence-corrected chi connectivity index (χ4v) is 2.76. The number of thioether (sulfide) groups is 1. The van der Waals surface area contributed by atoms with E-state index in [1.54, 1.807) is 18.2 Å².